The fourth-order valence-corrected chi connectivity index (χ4v) is 2.04. The van der Waals surface area contributed by atoms with E-state index in [0.29, 0.717) is 19.4 Å². The quantitative estimate of drug-likeness (QED) is 0.701. The molecule has 0 aliphatic heterocycles. The summed E-state index contributed by atoms with van der Waals surface area (Å²) in [5.74, 6) is -0.581. The van der Waals surface area contributed by atoms with Crippen LogP contribution in [0.25, 0.3) is 0 Å². The van der Waals surface area contributed by atoms with Gasteiger partial charge in [0.15, 0.2) is 0 Å². The molecule has 0 spiro atoms. The van der Waals surface area contributed by atoms with Crippen molar-refractivity contribution in [3.63, 3.8) is 0 Å². The van der Waals surface area contributed by atoms with Crippen molar-refractivity contribution in [2.75, 3.05) is 6.61 Å². The van der Waals surface area contributed by atoms with Gasteiger partial charge in [-0.3, -0.25) is 4.79 Å². The number of carboxylic acid groups (broad SMARTS) is 1. The Bertz CT molecular complexity index is 506. The zero-order valence-corrected chi connectivity index (χ0v) is 13.8. The summed E-state index contributed by atoms with van der Waals surface area (Å²) in [5.41, 5.74) is -1.21. The highest BCUT2D eigenvalue weighted by Crippen LogP contribution is 2.23. The number of carbonyl (C=O) groups is 2. The van der Waals surface area contributed by atoms with Crippen molar-refractivity contribution < 1.29 is 19.4 Å². The van der Waals surface area contributed by atoms with Crippen LogP contribution in [0.4, 0.5) is 0 Å². The number of hydrogen-bond donors (Lipinski definition) is 2. The van der Waals surface area contributed by atoms with Crippen molar-refractivity contribution in [1.29, 1.82) is 0 Å². The van der Waals surface area contributed by atoms with E-state index >= 15 is 0 Å². The molecule has 21 heavy (non-hydrogen) atoms. The molecule has 1 unspecified atom stereocenters. The molecule has 1 aromatic rings. The van der Waals surface area contributed by atoms with Crippen molar-refractivity contribution in [2.45, 2.75) is 38.6 Å². The molecule has 2 N–H and O–H groups in total. The average molecular weight is 358 g/mol. The predicted molar refractivity (Wildman–Crippen MR) is 83.3 cm³/mol. The third kappa shape index (κ3) is 5.38. The molecule has 0 aliphatic carbocycles. The van der Waals surface area contributed by atoms with Crippen LogP contribution in [-0.4, -0.2) is 29.1 Å². The van der Waals surface area contributed by atoms with Gasteiger partial charge in [0.2, 0.25) is 5.91 Å². The summed E-state index contributed by atoms with van der Waals surface area (Å²) in [7, 11) is 0. The van der Waals surface area contributed by atoms with E-state index in [1.54, 1.807) is 6.92 Å². The number of ether oxygens (including phenoxy) is 1. The molecule has 0 radical (unpaired) electrons. The number of benzene rings is 1. The minimum Gasteiger partial charge on any atom is -0.492 e. The maximum atomic E-state index is 11.8. The lowest BCUT2D eigenvalue weighted by Crippen LogP contribution is -2.51. The van der Waals surface area contributed by atoms with E-state index < -0.39 is 11.5 Å². The minimum atomic E-state index is -1.21. The van der Waals surface area contributed by atoms with E-state index in [9.17, 15) is 9.59 Å². The first kappa shape index (κ1) is 17.5. The van der Waals surface area contributed by atoms with Gasteiger partial charge in [-0.05, 0) is 47.8 Å². The van der Waals surface area contributed by atoms with Gasteiger partial charge >= 0.3 is 5.97 Å². The van der Waals surface area contributed by atoms with Crippen molar-refractivity contribution in [3.8, 4) is 5.75 Å². The van der Waals surface area contributed by atoms with Gasteiger partial charge in [0.05, 0.1) is 11.1 Å². The molecule has 0 heterocycles. The van der Waals surface area contributed by atoms with Crippen LogP contribution in [0.3, 0.4) is 0 Å². The Balaban J connectivity index is 2.34. The van der Waals surface area contributed by atoms with Crippen LogP contribution in [0.2, 0.25) is 0 Å². The molecular formula is C15H20BrNO4. The molecule has 0 fully saturated rings. The van der Waals surface area contributed by atoms with Crippen LogP contribution in [0, 0.1) is 0 Å². The topological polar surface area (TPSA) is 75.6 Å². The minimum absolute atomic E-state index is 0.229. The lowest BCUT2D eigenvalue weighted by molar-refractivity contribution is -0.147. The normalized spacial score (nSPS) is 13.3. The second-order valence-electron chi connectivity index (χ2n) is 4.92. The van der Waals surface area contributed by atoms with Gasteiger partial charge < -0.3 is 15.2 Å². The van der Waals surface area contributed by atoms with E-state index in [-0.39, 0.29) is 12.3 Å². The zero-order chi connectivity index (χ0) is 15.9. The third-order valence-corrected chi connectivity index (χ3v) is 3.89. The number of rotatable bonds is 8. The molecule has 5 nitrogen and oxygen atoms in total. The number of hydrogen-bond acceptors (Lipinski definition) is 3. The highest BCUT2D eigenvalue weighted by Gasteiger charge is 2.32. The van der Waals surface area contributed by atoms with Gasteiger partial charge in [0, 0.05) is 6.42 Å². The molecule has 116 valence electrons. The van der Waals surface area contributed by atoms with E-state index in [2.05, 4.69) is 21.2 Å². The van der Waals surface area contributed by atoms with Crippen molar-refractivity contribution in [3.05, 3.63) is 28.7 Å². The number of amides is 1. The van der Waals surface area contributed by atoms with Crippen LogP contribution < -0.4 is 10.1 Å². The van der Waals surface area contributed by atoms with E-state index in [1.807, 2.05) is 24.3 Å². The molecule has 0 aliphatic rings. The van der Waals surface area contributed by atoms with Gasteiger partial charge in [0.25, 0.3) is 0 Å². The SMILES string of the molecule is CCC(C)(NC(=O)CCCOc1ccccc1Br)C(=O)O. The second-order valence-corrected chi connectivity index (χ2v) is 5.78. The van der Waals surface area contributed by atoms with Crippen molar-refractivity contribution >= 4 is 27.8 Å². The summed E-state index contributed by atoms with van der Waals surface area (Å²) >= 11 is 3.37. The van der Waals surface area contributed by atoms with Crippen LogP contribution in [0.1, 0.15) is 33.1 Å². The average Bonchev–Trinajstić information content (AvgIpc) is 2.45. The fourth-order valence-electron chi connectivity index (χ4n) is 1.64. The standard InChI is InChI=1S/C15H20BrNO4/c1-3-15(2,14(19)20)17-13(18)9-6-10-21-12-8-5-4-7-11(12)16/h4-5,7-8H,3,6,9-10H2,1-2H3,(H,17,18)(H,19,20). The van der Waals surface area contributed by atoms with Gasteiger partial charge in [0.1, 0.15) is 11.3 Å². The Morgan fingerprint density at radius 3 is 2.62 bits per heavy atom. The molecule has 0 bridgehead atoms. The first-order chi connectivity index (χ1) is 9.89. The number of carbonyl (C=O) groups excluding carboxylic acids is 1. The number of aliphatic carboxylic acids is 1. The smallest absolute Gasteiger partial charge is 0.329 e. The molecule has 1 aromatic carbocycles. The number of para-hydroxylation sites is 1. The Labute approximate surface area is 132 Å². The molecule has 0 saturated carbocycles. The molecule has 1 atom stereocenters. The molecular weight excluding hydrogens is 338 g/mol. The molecule has 0 saturated heterocycles. The highest BCUT2D eigenvalue weighted by atomic mass is 79.9. The summed E-state index contributed by atoms with van der Waals surface area (Å²) in [5, 5.41) is 11.6. The first-order valence-corrected chi connectivity index (χ1v) is 7.60. The maximum absolute atomic E-state index is 11.8. The van der Waals surface area contributed by atoms with Crippen LogP contribution in [0.5, 0.6) is 5.75 Å². The Hall–Kier alpha value is -1.56. The Morgan fingerprint density at radius 2 is 2.05 bits per heavy atom. The first-order valence-electron chi connectivity index (χ1n) is 6.81. The van der Waals surface area contributed by atoms with E-state index in [0.717, 1.165) is 10.2 Å². The van der Waals surface area contributed by atoms with Crippen molar-refractivity contribution in [1.82, 2.24) is 5.32 Å². The second kappa shape index (κ2) is 8.02. The monoisotopic (exact) mass is 357 g/mol. The summed E-state index contributed by atoms with van der Waals surface area (Å²) in [6.07, 6.45) is 1.08. The van der Waals surface area contributed by atoms with Gasteiger partial charge in [-0.2, -0.15) is 0 Å². The van der Waals surface area contributed by atoms with Crippen LogP contribution in [0.15, 0.2) is 28.7 Å². The Morgan fingerprint density at radius 1 is 1.38 bits per heavy atom. The summed E-state index contributed by atoms with van der Waals surface area (Å²) in [4.78, 5) is 22.9. The van der Waals surface area contributed by atoms with Crippen LogP contribution in [-0.2, 0) is 9.59 Å². The summed E-state index contributed by atoms with van der Waals surface area (Å²) in [6.45, 7) is 3.63. The highest BCUT2D eigenvalue weighted by molar-refractivity contribution is 9.10. The maximum Gasteiger partial charge on any atom is 0.329 e. The summed E-state index contributed by atoms with van der Waals surface area (Å²) in [6, 6.07) is 7.47. The molecule has 1 rings (SSSR count). The molecule has 1 amide bonds. The van der Waals surface area contributed by atoms with E-state index in [1.165, 1.54) is 6.92 Å². The third-order valence-electron chi connectivity index (χ3n) is 3.24. The Kier molecular flexibility index (Phi) is 6.68. The van der Waals surface area contributed by atoms with E-state index in [4.69, 9.17) is 9.84 Å². The van der Waals surface area contributed by atoms with Gasteiger partial charge in [-0.15, -0.1) is 0 Å². The number of carboxylic acids is 1. The van der Waals surface area contributed by atoms with Gasteiger partial charge in [-0.1, -0.05) is 19.1 Å². The predicted octanol–water partition coefficient (Wildman–Crippen LogP) is 2.98. The number of nitrogens with one attached hydrogen (secondary N) is 1. The molecule has 6 heteroatoms. The van der Waals surface area contributed by atoms with Crippen molar-refractivity contribution in [2.24, 2.45) is 0 Å². The molecule has 0 aromatic heterocycles. The van der Waals surface area contributed by atoms with Crippen LogP contribution >= 0.6 is 15.9 Å². The lowest BCUT2D eigenvalue weighted by Gasteiger charge is -2.24. The lowest BCUT2D eigenvalue weighted by atomic mass is 9.99. The number of halogens is 1. The fraction of sp³-hybridized carbons (Fsp3) is 0.467. The summed E-state index contributed by atoms with van der Waals surface area (Å²) < 4.78 is 6.41. The largest absolute Gasteiger partial charge is 0.492 e. The zero-order valence-electron chi connectivity index (χ0n) is 12.2. The van der Waals surface area contributed by atoms with Gasteiger partial charge in [-0.25, -0.2) is 4.79 Å².